The fourth-order valence-corrected chi connectivity index (χ4v) is 5.83. The molecule has 0 spiro atoms. The van der Waals surface area contributed by atoms with E-state index < -0.39 is 24.2 Å². The third kappa shape index (κ3) is 5.23. The Hall–Kier alpha value is -3.51. The highest BCUT2D eigenvalue weighted by Crippen LogP contribution is 2.38. The monoisotopic (exact) mass is 537 g/mol. The number of aromatic nitrogens is 3. The Bertz CT molecular complexity index is 1380. The van der Waals surface area contributed by atoms with Crippen LogP contribution in [-0.2, 0) is 6.54 Å². The van der Waals surface area contributed by atoms with Gasteiger partial charge in [-0.15, -0.1) is 11.3 Å². The van der Waals surface area contributed by atoms with Gasteiger partial charge in [0, 0.05) is 25.1 Å². The van der Waals surface area contributed by atoms with Crippen LogP contribution in [0.2, 0.25) is 0 Å². The number of nitrogens with one attached hydrogen (secondary N) is 2. The number of aryl methyl sites for hydroxylation is 1. The van der Waals surface area contributed by atoms with Crippen LogP contribution in [0.1, 0.15) is 17.7 Å². The maximum atomic E-state index is 10.7. The van der Waals surface area contributed by atoms with Crippen LogP contribution in [0.4, 0.5) is 11.8 Å². The molecule has 2 heterocycles. The van der Waals surface area contributed by atoms with Crippen molar-refractivity contribution < 1.29 is 24.8 Å². The van der Waals surface area contributed by atoms with Crippen LogP contribution in [0.5, 0.6) is 11.5 Å². The fourth-order valence-electron chi connectivity index (χ4n) is 4.77. The van der Waals surface area contributed by atoms with E-state index in [1.54, 1.807) is 20.3 Å². The summed E-state index contributed by atoms with van der Waals surface area (Å²) in [6.07, 6.45) is -1.67. The summed E-state index contributed by atoms with van der Waals surface area (Å²) in [5.41, 5.74) is 3.24. The number of ether oxygens (including phenoxy) is 2. The van der Waals surface area contributed by atoms with Gasteiger partial charge in [-0.25, -0.2) is 9.97 Å². The Balaban J connectivity index is 1.49. The zero-order chi connectivity index (χ0) is 26.8. The number of nitrogens with zero attached hydrogens (tertiary/aromatic N) is 3. The van der Waals surface area contributed by atoms with Crippen molar-refractivity contribution >= 4 is 33.3 Å². The minimum absolute atomic E-state index is 0.208. The molecule has 38 heavy (non-hydrogen) atoms. The molecule has 4 aromatic rings. The first-order chi connectivity index (χ1) is 18.4. The van der Waals surface area contributed by atoms with Crippen molar-refractivity contribution in [1.82, 2.24) is 15.0 Å². The van der Waals surface area contributed by atoms with E-state index in [2.05, 4.69) is 10.6 Å². The molecular formula is C27H31N5O5S. The quantitative estimate of drug-likeness (QED) is 0.216. The summed E-state index contributed by atoms with van der Waals surface area (Å²) in [5, 5.41) is 38.0. The second-order valence-corrected chi connectivity index (χ2v) is 10.4. The third-order valence-electron chi connectivity index (χ3n) is 6.82. The molecule has 1 fully saturated rings. The van der Waals surface area contributed by atoms with E-state index in [0.717, 1.165) is 26.4 Å². The van der Waals surface area contributed by atoms with Gasteiger partial charge in [0.1, 0.15) is 28.4 Å². The predicted octanol–water partition coefficient (Wildman–Crippen LogP) is 3.21. The Morgan fingerprint density at radius 3 is 2.39 bits per heavy atom. The molecule has 2 aromatic heterocycles. The van der Waals surface area contributed by atoms with Gasteiger partial charge in [-0.3, -0.25) is 0 Å². The van der Waals surface area contributed by atoms with Crippen LogP contribution in [0.3, 0.4) is 0 Å². The zero-order valence-electron chi connectivity index (χ0n) is 21.4. The molecule has 1 aliphatic rings. The molecule has 200 valence electrons. The van der Waals surface area contributed by atoms with E-state index in [1.807, 2.05) is 43.3 Å². The smallest absolute Gasteiger partial charge is 0.225 e. The van der Waals surface area contributed by atoms with E-state index >= 15 is 0 Å². The van der Waals surface area contributed by atoms with Crippen molar-refractivity contribution in [3.63, 3.8) is 0 Å². The van der Waals surface area contributed by atoms with Crippen LogP contribution < -0.4 is 20.1 Å². The van der Waals surface area contributed by atoms with Crippen molar-refractivity contribution in [1.29, 1.82) is 0 Å². The molecule has 0 saturated heterocycles. The van der Waals surface area contributed by atoms with Crippen LogP contribution in [0.25, 0.3) is 20.8 Å². The lowest BCUT2D eigenvalue weighted by Crippen LogP contribution is -2.35. The highest BCUT2D eigenvalue weighted by atomic mass is 32.1. The molecule has 0 unspecified atom stereocenters. The molecule has 0 bridgehead atoms. The first-order valence-electron chi connectivity index (χ1n) is 12.3. The molecule has 0 radical (unpaired) electrons. The number of aliphatic hydroxyl groups is 3. The first-order valence-corrected chi connectivity index (χ1v) is 13.2. The normalized spacial score (nSPS) is 21.0. The number of methoxy groups -OCH3 is 2. The van der Waals surface area contributed by atoms with Gasteiger partial charge < -0.3 is 35.4 Å². The zero-order valence-corrected chi connectivity index (χ0v) is 22.2. The van der Waals surface area contributed by atoms with Gasteiger partial charge in [0.15, 0.2) is 0 Å². The van der Waals surface area contributed by atoms with E-state index in [4.69, 9.17) is 24.4 Å². The van der Waals surface area contributed by atoms with Gasteiger partial charge >= 0.3 is 0 Å². The molecule has 11 heteroatoms. The minimum atomic E-state index is -1.05. The molecule has 0 amide bonds. The minimum Gasteiger partial charge on any atom is -0.497 e. The summed E-state index contributed by atoms with van der Waals surface area (Å²) in [4.78, 5) is 14.3. The van der Waals surface area contributed by atoms with Crippen molar-refractivity contribution in [2.75, 3.05) is 31.5 Å². The number of benzene rings is 2. The summed E-state index contributed by atoms with van der Waals surface area (Å²) < 4.78 is 11.8. The van der Waals surface area contributed by atoms with Crippen molar-refractivity contribution in [2.24, 2.45) is 5.92 Å². The fraction of sp³-hybridized carbons (Fsp3) is 0.370. The lowest BCUT2D eigenvalue weighted by molar-refractivity contribution is 0.00446. The maximum absolute atomic E-state index is 10.7. The number of hydrogen-bond acceptors (Lipinski definition) is 11. The van der Waals surface area contributed by atoms with Crippen molar-refractivity contribution in [3.8, 4) is 22.1 Å². The summed E-state index contributed by atoms with van der Waals surface area (Å²) in [6.45, 7) is 2.11. The SMILES string of the molecule is COc1cc(CNc2nc(C)c(-c3nc4ccccc4s3)c(N[C@H]3C[C@@H](CO)[C@H](O)[C@@H]3O)n2)cc(OC)c1. The summed E-state index contributed by atoms with van der Waals surface area (Å²) >= 11 is 1.54. The maximum Gasteiger partial charge on any atom is 0.225 e. The molecule has 0 aliphatic heterocycles. The summed E-state index contributed by atoms with van der Waals surface area (Å²) in [7, 11) is 3.21. The molecule has 5 N–H and O–H groups in total. The summed E-state index contributed by atoms with van der Waals surface area (Å²) in [6, 6.07) is 13.0. The molecule has 5 rings (SSSR count). The number of aliphatic hydroxyl groups excluding tert-OH is 3. The van der Waals surface area contributed by atoms with Gasteiger partial charge in [0.05, 0.1) is 47.8 Å². The van der Waals surface area contributed by atoms with Gasteiger partial charge in [-0.2, -0.15) is 4.98 Å². The van der Waals surface area contributed by atoms with Gasteiger partial charge in [-0.1, -0.05) is 12.1 Å². The molecule has 10 nitrogen and oxygen atoms in total. The second-order valence-electron chi connectivity index (χ2n) is 9.33. The van der Waals surface area contributed by atoms with Crippen molar-refractivity contribution in [2.45, 2.75) is 38.1 Å². The molecule has 1 saturated carbocycles. The molecular weight excluding hydrogens is 506 g/mol. The summed E-state index contributed by atoms with van der Waals surface area (Å²) in [5.74, 6) is 1.83. The topological polar surface area (TPSA) is 142 Å². The predicted molar refractivity (Wildman–Crippen MR) is 147 cm³/mol. The number of para-hydroxylation sites is 1. The Kier molecular flexibility index (Phi) is 7.61. The number of thiazole rings is 1. The van der Waals surface area contributed by atoms with E-state index in [1.165, 1.54) is 11.3 Å². The van der Waals surface area contributed by atoms with E-state index in [9.17, 15) is 15.3 Å². The Morgan fingerprint density at radius 1 is 1.00 bits per heavy atom. The van der Waals surface area contributed by atoms with Crippen LogP contribution in [0, 0.1) is 12.8 Å². The molecule has 1 aliphatic carbocycles. The Labute approximate surface area is 224 Å². The standard InChI is InChI=1S/C27H31N5O5S/c1-14-22(26-31-19-6-4-5-7-21(19)38-26)25(30-20-10-16(13-33)23(34)24(20)35)32-27(29-14)28-12-15-8-17(36-2)11-18(9-15)37-3/h4-9,11,16,20,23-24,33-35H,10,12-13H2,1-3H3,(H2,28,29,30,32)/t16-,20-,23-,24+/m0/s1. The number of hydrogen-bond donors (Lipinski definition) is 5. The first kappa shape index (κ1) is 26.1. The largest absolute Gasteiger partial charge is 0.497 e. The van der Waals surface area contributed by atoms with Crippen LogP contribution in [-0.4, -0.2) is 69.3 Å². The number of rotatable bonds is 9. The lowest BCUT2D eigenvalue weighted by Gasteiger charge is -2.21. The van der Waals surface area contributed by atoms with E-state index in [-0.39, 0.29) is 6.61 Å². The molecule has 2 aromatic carbocycles. The lowest BCUT2D eigenvalue weighted by atomic mass is 10.1. The average Bonchev–Trinajstić information content (AvgIpc) is 3.47. The van der Waals surface area contributed by atoms with Gasteiger partial charge in [0.25, 0.3) is 0 Å². The van der Waals surface area contributed by atoms with Crippen LogP contribution >= 0.6 is 11.3 Å². The van der Waals surface area contributed by atoms with E-state index in [0.29, 0.717) is 41.9 Å². The second kappa shape index (κ2) is 11.1. The average molecular weight is 538 g/mol. The highest BCUT2D eigenvalue weighted by Gasteiger charge is 2.41. The highest BCUT2D eigenvalue weighted by molar-refractivity contribution is 7.21. The number of anilines is 2. The number of fused-ring (bicyclic) bond motifs is 1. The van der Waals surface area contributed by atoms with Gasteiger partial charge in [-0.05, 0) is 43.2 Å². The third-order valence-corrected chi connectivity index (χ3v) is 7.87. The molecule has 4 atom stereocenters. The Morgan fingerprint density at radius 2 is 1.74 bits per heavy atom. The van der Waals surface area contributed by atoms with Crippen LogP contribution in [0.15, 0.2) is 42.5 Å². The van der Waals surface area contributed by atoms with Gasteiger partial charge in [0.2, 0.25) is 5.95 Å². The van der Waals surface area contributed by atoms with Crippen molar-refractivity contribution in [3.05, 3.63) is 53.7 Å².